The first-order valence-corrected chi connectivity index (χ1v) is 11.1. The molecule has 0 aromatic heterocycles. The van der Waals surface area contributed by atoms with Gasteiger partial charge in [-0.05, 0) is 61.2 Å². The van der Waals surface area contributed by atoms with Gasteiger partial charge in [-0.15, -0.1) is 0 Å². The van der Waals surface area contributed by atoms with Crippen molar-refractivity contribution in [2.75, 3.05) is 11.9 Å². The number of anilines is 1. The summed E-state index contributed by atoms with van der Waals surface area (Å²) in [5.41, 5.74) is 11.5. The van der Waals surface area contributed by atoms with Crippen LogP contribution in [0.1, 0.15) is 39.1 Å². The van der Waals surface area contributed by atoms with E-state index >= 15 is 0 Å². The van der Waals surface area contributed by atoms with Gasteiger partial charge in [-0.25, -0.2) is 0 Å². The number of phenolic OH excluding ortho intramolecular Hbond substituents is 1. The van der Waals surface area contributed by atoms with Crippen molar-refractivity contribution in [1.29, 1.82) is 0 Å². The second kappa shape index (κ2) is 12.0. The Balaban J connectivity index is 1.54. The molecule has 0 spiro atoms. The van der Waals surface area contributed by atoms with Crippen molar-refractivity contribution in [2.45, 2.75) is 19.3 Å². The van der Waals surface area contributed by atoms with E-state index in [1.54, 1.807) is 24.3 Å². The Morgan fingerprint density at radius 1 is 0.886 bits per heavy atom. The summed E-state index contributed by atoms with van der Waals surface area (Å²) in [7, 11) is 0. The number of rotatable bonds is 11. The lowest BCUT2D eigenvalue weighted by Crippen LogP contribution is -2.21. The Bertz CT molecular complexity index is 1220. The Morgan fingerprint density at radius 2 is 1.60 bits per heavy atom. The first kappa shape index (κ1) is 25.0. The van der Waals surface area contributed by atoms with Gasteiger partial charge in [0.2, 0.25) is 0 Å². The normalized spacial score (nSPS) is 11.0. The van der Waals surface area contributed by atoms with E-state index in [2.05, 4.69) is 17.4 Å². The number of nitrogens with one attached hydrogen (secondary N) is 1. The molecule has 6 N–H and O–H groups in total. The van der Waals surface area contributed by atoms with Crippen LogP contribution in [-0.4, -0.2) is 29.3 Å². The van der Waals surface area contributed by atoms with E-state index in [1.807, 2.05) is 18.2 Å². The number of aryl methyl sites for hydroxylation is 1. The maximum atomic E-state index is 12.6. The first-order chi connectivity index (χ1) is 16.8. The number of benzene rings is 3. The third-order valence-corrected chi connectivity index (χ3v) is 5.21. The summed E-state index contributed by atoms with van der Waals surface area (Å²) in [4.78, 5) is 35.9. The molecular formula is C27H27N3O5. The molecule has 0 radical (unpaired) electrons. The zero-order valence-electron chi connectivity index (χ0n) is 19.1. The molecule has 0 saturated carbocycles. The SMILES string of the molecule is NC(=O)C(N)=CC(=O)c1cccc(NC(=O)c2ccc(OCCCCc3ccccc3)cc2)c1O. The molecule has 8 nitrogen and oxygen atoms in total. The van der Waals surface area contributed by atoms with Crippen molar-refractivity contribution in [2.24, 2.45) is 11.5 Å². The number of nitrogens with two attached hydrogens (primary N) is 2. The van der Waals surface area contributed by atoms with E-state index in [1.165, 1.54) is 23.8 Å². The number of phenols is 1. The molecule has 3 aromatic rings. The van der Waals surface area contributed by atoms with Crippen LogP contribution in [0.3, 0.4) is 0 Å². The van der Waals surface area contributed by atoms with Gasteiger partial charge < -0.3 is 26.6 Å². The van der Waals surface area contributed by atoms with Gasteiger partial charge in [0.05, 0.1) is 17.9 Å². The molecule has 0 aliphatic rings. The fourth-order valence-corrected chi connectivity index (χ4v) is 3.30. The predicted molar refractivity (Wildman–Crippen MR) is 133 cm³/mol. The van der Waals surface area contributed by atoms with Crippen LogP contribution in [0, 0.1) is 0 Å². The van der Waals surface area contributed by atoms with Crippen molar-refractivity contribution in [1.82, 2.24) is 0 Å². The van der Waals surface area contributed by atoms with Gasteiger partial charge >= 0.3 is 0 Å². The number of unbranched alkanes of at least 4 members (excludes halogenated alkanes) is 1. The third kappa shape index (κ3) is 7.20. The minimum absolute atomic E-state index is 0.0330. The van der Waals surface area contributed by atoms with Crippen molar-refractivity contribution >= 4 is 23.3 Å². The molecule has 0 aliphatic heterocycles. The minimum Gasteiger partial charge on any atom is -0.505 e. The number of hydrogen-bond acceptors (Lipinski definition) is 6. The highest BCUT2D eigenvalue weighted by Crippen LogP contribution is 2.29. The number of aromatic hydroxyl groups is 1. The monoisotopic (exact) mass is 473 g/mol. The fraction of sp³-hybridized carbons (Fsp3) is 0.148. The lowest BCUT2D eigenvalue weighted by atomic mass is 10.1. The standard InChI is InChI=1S/C27H27N3O5/c28-22(26(29)33)17-24(31)21-10-6-11-23(25(21)32)30-27(34)19-12-14-20(15-13-19)35-16-5-4-9-18-7-2-1-3-8-18/h1-3,6-8,10-15,17,32H,4-5,9,16,28H2,(H2,29,33)(H,30,34). The maximum Gasteiger partial charge on any atom is 0.264 e. The first-order valence-electron chi connectivity index (χ1n) is 11.1. The van der Waals surface area contributed by atoms with Crippen LogP contribution in [-0.2, 0) is 11.2 Å². The Morgan fingerprint density at radius 3 is 2.29 bits per heavy atom. The van der Waals surface area contributed by atoms with E-state index < -0.39 is 29.0 Å². The number of carbonyl (C=O) groups excluding carboxylic acids is 3. The maximum absolute atomic E-state index is 12.6. The topological polar surface area (TPSA) is 145 Å². The second-order valence-electron chi connectivity index (χ2n) is 7.80. The number of para-hydroxylation sites is 1. The summed E-state index contributed by atoms with van der Waals surface area (Å²) < 4.78 is 5.75. The molecule has 2 amide bonds. The zero-order chi connectivity index (χ0) is 25.2. The fourth-order valence-electron chi connectivity index (χ4n) is 3.30. The highest BCUT2D eigenvalue weighted by atomic mass is 16.5. The summed E-state index contributed by atoms with van der Waals surface area (Å²) in [5, 5.41) is 13.0. The molecule has 0 unspecified atom stereocenters. The third-order valence-electron chi connectivity index (χ3n) is 5.21. The molecule has 0 saturated heterocycles. The molecule has 3 aromatic carbocycles. The Labute approximate surface area is 203 Å². The number of amides is 2. The quantitative estimate of drug-likeness (QED) is 0.145. The molecular weight excluding hydrogens is 446 g/mol. The molecule has 35 heavy (non-hydrogen) atoms. The van der Waals surface area contributed by atoms with E-state index in [0.29, 0.717) is 17.9 Å². The van der Waals surface area contributed by atoms with Crippen LogP contribution in [0.25, 0.3) is 0 Å². The van der Waals surface area contributed by atoms with Crippen LogP contribution in [0.15, 0.2) is 84.6 Å². The molecule has 180 valence electrons. The minimum atomic E-state index is -0.957. The summed E-state index contributed by atoms with van der Waals surface area (Å²) in [6, 6.07) is 21.1. The lowest BCUT2D eigenvalue weighted by Gasteiger charge is -2.11. The Kier molecular flexibility index (Phi) is 8.61. The van der Waals surface area contributed by atoms with Gasteiger partial charge in [0.25, 0.3) is 11.8 Å². The van der Waals surface area contributed by atoms with Crippen LogP contribution in [0.5, 0.6) is 11.5 Å². The zero-order valence-corrected chi connectivity index (χ0v) is 19.1. The number of hydrogen-bond donors (Lipinski definition) is 4. The summed E-state index contributed by atoms with van der Waals surface area (Å²) >= 11 is 0. The van der Waals surface area contributed by atoms with Gasteiger partial charge in [-0.3, -0.25) is 14.4 Å². The van der Waals surface area contributed by atoms with Gasteiger partial charge in [0.1, 0.15) is 17.2 Å². The summed E-state index contributed by atoms with van der Waals surface area (Å²) in [6.45, 7) is 0.571. The van der Waals surface area contributed by atoms with Gasteiger partial charge in [0.15, 0.2) is 5.78 Å². The second-order valence-corrected chi connectivity index (χ2v) is 7.80. The molecule has 0 bridgehead atoms. The highest BCUT2D eigenvalue weighted by Gasteiger charge is 2.16. The number of primary amides is 1. The molecule has 0 fully saturated rings. The van der Waals surface area contributed by atoms with E-state index in [4.69, 9.17) is 16.2 Å². The van der Waals surface area contributed by atoms with E-state index in [9.17, 15) is 19.5 Å². The average molecular weight is 474 g/mol. The number of ketones is 1. The van der Waals surface area contributed by atoms with Crippen molar-refractivity contribution < 1.29 is 24.2 Å². The van der Waals surface area contributed by atoms with Gasteiger partial charge in [-0.1, -0.05) is 36.4 Å². The van der Waals surface area contributed by atoms with Gasteiger partial charge in [-0.2, -0.15) is 0 Å². The lowest BCUT2D eigenvalue weighted by molar-refractivity contribution is -0.114. The molecule has 0 atom stereocenters. The van der Waals surface area contributed by atoms with E-state index in [0.717, 1.165) is 25.3 Å². The molecule has 0 heterocycles. The number of ether oxygens (including phenoxy) is 1. The molecule has 8 heteroatoms. The largest absolute Gasteiger partial charge is 0.505 e. The van der Waals surface area contributed by atoms with Crippen molar-refractivity contribution in [3.63, 3.8) is 0 Å². The highest BCUT2D eigenvalue weighted by molar-refractivity contribution is 6.12. The van der Waals surface area contributed by atoms with Crippen molar-refractivity contribution in [3.05, 3.63) is 101 Å². The number of allylic oxidation sites excluding steroid dienone is 1. The van der Waals surface area contributed by atoms with Crippen LogP contribution >= 0.6 is 0 Å². The van der Waals surface area contributed by atoms with Crippen LogP contribution in [0.2, 0.25) is 0 Å². The van der Waals surface area contributed by atoms with Crippen LogP contribution < -0.4 is 21.5 Å². The average Bonchev–Trinajstić information content (AvgIpc) is 2.86. The van der Waals surface area contributed by atoms with E-state index in [-0.39, 0.29) is 11.3 Å². The molecule has 3 rings (SSSR count). The molecule has 0 aliphatic carbocycles. The smallest absolute Gasteiger partial charge is 0.264 e. The number of carbonyl (C=O) groups is 3. The summed E-state index contributed by atoms with van der Waals surface area (Å²) in [5.74, 6) is -1.96. The summed E-state index contributed by atoms with van der Waals surface area (Å²) in [6.07, 6.45) is 3.74. The predicted octanol–water partition coefficient (Wildman–Crippen LogP) is 3.56. The Hall–Kier alpha value is -4.59. The van der Waals surface area contributed by atoms with Gasteiger partial charge in [0, 0.05) is 11.6 Å². The van der Waals surface area contributed by atoms with Crippen LogP contribution in [0.4, 0.5) is 5.69 Å². The van der Waals surface area contributed by atoms with Crippen molar-refractivity contribution in [3.8, 4) is 11.5 Å².